The van der Waals surface area contributed by atoms with Gasteiger partial charge in [0.25, 0.3) is 5.91 Å². The summed E-state index contributed by atoms with van der Waals surface area (Å²) in [5, 5.41) is 10.7. The molecule has 5 amide bonds. The Kier molecular flexibility index (Phi) is 10.7. The molecule has 1 heterocycles. The molecule has 4 rings (SSSR count). The average molecular weight is 668 g/mol. The first-order chi connectivity index (χ1) is 22.3. The molecule has 3 aliphatic rings. The summed E-state index contributed by atoms with van der Waals surface area (Å²) in [6.45, 7) is 15.3. The van der Waals surface area contributed by atoms with E-state index in [0.717, 1.165) is 18.4 Å². The molecule has 3 fully saturated rings. The van der Waals surface area contributed by atoms with E-state index in [2.05, 4.69) is 35.1 Å². The number of carbonyl (C=O) groups is 6. The van der Waals surface area contributed by atoms with E-state index in [1.54, 1.807) is 20.8 Å². The highest BCUT2D eigenvalue weighted by molar-refractivity contribution is 6.38. The first kappa shape index (κ1) is 36.9. The molecule has 1 aromatic rings. The number of likely N-dealkylation sites (tertiary alicyclic amines) is 1. The van der Waals surface area contributed by atoms with Crippen LogP contribution in [0.4, 0.5) is 4.79 Å². The van der Waals surface area contributed by atoms with Gasteiger partial charge >= 0.3 is 12.0 Å². The lowest BCUT2D eigenvalue weighted by Crippen LogP contribution is -2.62. The lowest BCUT2D eigenvalue weighted by Gasteiger charge is -2.38. The smallest absolute Gasteiger partial charge is 0.329 e. The predicted molar refractivity (Wildman–Crippen MR) is 179 cm³/mol. The van der Waals surface area contributed by atoms with E-state index >= 15 is 0 Å². The Labute approximate surface area is 283 Å². The molecule has 1 unspecified atom stereocenters. The Morgan fingerprint density at radius 1 is 0.896 bits per heavy atom. The number of hydrogen-bond acceptors (Lipinski definition) is 7. The van der Waals surface area contributed by atoms with Crippen molar-refractivity contribution in [2.45, 2.75) is 105 Å². The van der Waals surface area contributed by atoms with Crippen LogP contribution in [0.25, 0.3) is 0 Å². The Morgan fingerprint density at radius 3 is 2.02 bits per heavy atom. The zero-order valence-electron chi connectivity index (χ0n) is 29.8. The van der Waals surface area contributed by atoms with Crippen molar-refractivity contribution >= 4 is 35.5 Å². The Hall–Kier alpha value is -3.96. The van der Waals surface area contributed by atoms with E-state index in [4.69, 9.17) is 4.74 Å². The second-order valence-corrected chi connectivity index (χ2v) is 16.4. The number of nitrogens with one attached hydrogen (secondary N) is 4. The zero-order valence-corrected chi connectivity index (χ0v) is 29.8. The number of ether oxygens (including phenoxy) is 1. The third kappa shape index (κ3) is 8.36. The number of carbonyl (C=O) groups excluding carboxylic acids is 6. The summed E-state index contributed by atoms with van der Waals surface area (Å²) in [6, 6.07) is 4.58. The normalized spacial score (nSPS) is 23.1. The summed E-state index contributed by atoms with van der Waals surface area (Å²) in [5.74, 6) is -2.81. The molecule has 4 N–H and O–H groups in total. The number of rotatable bonds is 12. The predicted octanol–water partition coefficient (Wildman–Crippen LogP) is 2.94. The van der Waals surface area contributed by atoms with E-state index in [9.17, 15) is 28.8 Å². The van der Waals surface area contributed by atoms with E-state index in [1.165, 1.54) is 11.9 Å². The van der Waals surface area contributed by atoms with Crippen LogP contribution in [0.3, 0.4) is 0 Å². The highest BCUT2D eigenvalue weighted by atomic mass is 16.5. The number of esters is 1. The summed E-state index contributed by atoms with van der Waals surface area (Å²) >= 11 is 0. The molecular formula is C36H53N5O7. The van der Waals surface area contributed by atoms with Gasteiger partial charge in [0, 0.05) is 13.6 Å². The van der Waals surface area contributed by atoms with Crippen molar-refractivity contribution in [1.82, 2.24) is 26.2 Å². The highest BCUT2D eigenvalue weighted by Gasteiger charge is 2.70. The van der Waals surface area contributed by atoms with Gasteiger partial charge in [-0.3, -0.25) is 19.2 Å². The third-order valence-corrected chi connectivity index (χ3v) is 10.1. The van der Waals surface area contributed by atoms with E-state index in [-0.39, 0.29) is 29.8 Å². The zero-order chi connectivity index (χ0) is 35.8. The summed E-state index contributed by atoms with van der Waals surface area (Å²) in [5.41, 5.74) is -0.867. The second kappa shape index (κ2) is 13.9. The number of hydrogen-bond donors (Lipinski definition) is 4. The monoisotopic (exact) mass is 667 g/mol. The number of nitrogens with zero attached hydrogens (tertiary/aromatic N) is 1. The standard InChI is InChI=1S/C36H53N5O7/c1-34(2,3)27(39-33(47)40-28(35(4,5)6)32(46)48-19-21-13-11-10-12-14-21)31(45)41-18-22-24(36(22,7)8)25(41)29(43)38-23(17-20-15-16-20)26(42)30(44)37-9/h10-14,20,22-25,27-28H,15-19H2,1-9H3,(H,37,44)(H,38,43)(H2,39,40,47)/t22-,23?,24-,25-,27+,28+/m0/s1. The van der Waals surface area contributed by atoms with Crippen molar-refractivity contribution in [3.05, 3.63) is 35.9 Å². The minimum Gasteiger partial charge on any atom is -0.459 e. The number of likely N-dealkylation sites (N-methyl/N-ethyl adjacent to an activating group) is 1. The van der Waals surface area contributed by atoms with Crippen molar-refractivity contribution in [3.63, 3.8) is 0 Å². The molecule has 12 nitrogen and oxygen atoms in total. The fourth-order valence-corrected chi connectivity index (χ4v) is 6.83. The molecule has 0 spiro atoms. The van der Waals surface area contributed by atoms with Crippen molar-refractivity contribution in [2.75, 3.05) is 13.6 Å². The van der Waals surface area contributed by atoms with Crippen LogP contribution >= 0.6 is 0 Å². The molecule has 0 aromatic heterocycles. The van der Waals surface area contributed by atoms with Crippen LogP contribution in [-0.4, -0.2) is 78.2 Å². The lowest BCUT2D eigenvalue weighted by atomic mass is 9.85. The minimum atomic E-state index is -1.05. The molecular weight excluding hydrogens is 614 g/mol. The van der Waals surface area contributed by atoms with Crippen LogP contribution in [-0.2, 0) is 35.3 Å². The minimum absolute atomic E-state index is 0.0476. The van der Waals surface area contributed by atoms with Crippen molar-refractivity contribution in [3.8, 4) is 0 Å². The fraction of sp³-hybridized carbons (Fsp3) is 0.667. The number of fused-ring (bicyclic) bond motifs is 1. The van der Waals surface area contributed by atoms with Gasteiger partial charge in [0.05, 0.1) is 6.04 Å². The van der Waals surface area contributed by atoms with Gasteiger partial charge in [-0.2, -0.15) is 0 Å². The molecule has 2 saturated carbocycles. The molecule has 48 heavy (non-hydrogen) atoms. The maximum Gasteiger partial charge on any atom is 0.329 e. The quantitative estimate of drug-likeness (QED) is 0.197. The van der Waals surface area contributed by atoms with Crippen molar-refractivity contribution in [1.29, 1.82) is 0 Å². The van der Waals surface area contributed by atoms with Crippen LogP contribution in [0.15, 0.2) is 30.3 Å². The fourth-order valence-electron chi connectivity index (χ4n) is 6.83. The van der Waals surface area contributed by atoms with Gasteiger partial charge in [0.2, 0.25) is 17.6 Å². The van der Waals surface area contributed by atoms with E-state index in [1.807, 2.05) is 51.1 Å². The maximum atomic E-state index is 14.3. The Balaban J connectivity index is 1.50. The van der Waals surface area contributed by atoms with Crippen molar-refractivity contribution in [2.24, 2.45) is 34.0 Å². The molecule has 1 saturated heterocycles. The topological polar surface area (TPSA) is 163 Å². The number of ketones is 1. The summed E-state index contributed by atoms with van der Waals surface area (Å²) in [4.78, 5) is 81.7. The van der Waals surface area contributed by atoms with Gasteiger partial charge in [-0.15, -0.1) is 0 Å². The van der Waals surface area contributed by atoms with Crippen LogP contribution in [0.2, 0.25) is 0 Å². The summed E-state index contributed by atoms with van der Waals surface area (Å²) < 4.78 is 5.54. The SMILES string of the molecule is CNC(=O)C(=O)C(CC1CC1)NC(=O)[C@@H]1[C@@H]2[C@H](CN1C(=O)[C@@H](NC(=O)N[C@H](C(=O)OCc1ccccc1)C(C)(C)C)C(C)(C)C)C2(C)C. The van der Waals surface area contributed by atoms with Crippen LogP contribution in [0, 0.1) is 34.0 Å². The molecule has 0 radical (unpaired) electrons. The number of piperidine rings is 1. The van der Waals surface area contributed by atoms with Crippen molar-refractivity contribution < 1.29 is 33.5 Å². The first-order valence-electron chi connectivity index (χ1n) is 16.9. The largest absolute Gasteiger partial charge is 0.459 e. The molecule has 264 valence electrons. The molecule has 6 atom stereocenters. The van der Waals surface area contributed by atoms with Gasteiger partial charge < -0.3 is 30.9 Å². The Bertz CT molecular complexity index is 1410. The maximum absolute atomic E-state index is 14.3. The van der Waals surface area contributed by atoms with Gasteiger partial charge in [0.15, 0.2) is 0 Å². The average Bonchev–Trinajstić information content (AvgIpc) is 3.86. The van der Waals surface area contributed by atoms with Crippen LogP contribution in [0.1, 0.15) is 80.2 Å². The number of urea groups is 1. The van der Waals surface area contributed by atoms with Gasteiger partial charge in [0.1, 0.15) is 24.7 Å². The molecule has 1 aromatic carbocycles. The molecule has 1 aliphatic heterocycles. The van der Waals surface area contributed by atoms with E-state index < -0.39 is 70.5 Å². The molecule has 12 heteroatoms. The Morgan fingerprint density at radius 2 is 1.48 bits per heavy atom. The number of benzene rings is 1. The summed E-state index contributed by atoms with van der Waals surface area (Å²) in [7, 11) is 1.37. The highest BCUT2D eigenvalue weighted by Crippen LogP contribution is 2.65. The number of Topliss-reactive ketones (excluding diaryl/α,β-unsaturated/α-hetero) is 1. The summed E-state index contributed by atoms with van der Waals surface area (Å²) in [6.07, 6.45) is 2.23. The van der Waals surface area contributed by atoms with Crippen LogP contribution < -0.4 is 21.3 Å². The van der Waals surface area contributed by atoms with Gasteiger partial charge in [-0.25, -0.2) is 9.59 Å². The molecule has 0 bridgehead atoms. The lowest BCUT2D eigenvalue weighted by molar-refractivity contribution is -0.150. The first-order valence-corrected chi connectivity index (χ1v) is 16.9. The third-order valence-electron chi connectivity index (χ3n) is 10.1. The van der Waals surface area contributed by atoms with E-state index in [0.29, 0.717) is 13.0 Å². The number of amides is 5. The van der Waals surface area contributed by atoms with Gasteiger partial charge in [-0.05, 0) is 46.0 Å². The van der Waals surface area contributed by atoms with Gasteiger partial charge in [-0.1, -0.05) is 98.6 Å². The molecule has 2 aliphatic carbocycles. The second-order valence-electron chi connectivity index (χ2n) is 16.4. The van der Waals surface area contributed by atoms with Crippen LogP contribution in [0.5, 0.6) is 0 Å².